The summed E-state index contributed by atoms with van der Waals surface area (Å²) in [6, 6.07) is 3.93. The maximum atomic E-state index is 5.79. The third kappa shape index (κ3) is 4.09. The van der Waals surface area contributed by atoms with Crippen molar-refractivity contribution in [3.63, 3.8) is 0 Å². The predicted molar refractivity (Wildman–Crippen MR) is 77.2 cm³/mol. The Morgan fingerprint density at radius 3 is 2.11 bits per heavy atom. The highest BCUT2D eigenvalue weighted by atomic mass is 79.9. The number of hydrogen-bond acceptors (Lipinski definition) is 3. The fourth-order valence-electron chi connectivity index (χ4n) is 1.68. The van der Waals surface area contributed by atoms with E-state index in [1.807, 2.05) is 12.1 Å². The molecule has 0 fully saturated rings. The molecule has 4 heteroatoms. The van der Waals surface area contributed by atoms with Crippen LogP contribution in [0.5, 0.6) is 17.2 Å². The third-order valence-electron chi connectivity index (χ3n) is 2.67. The monoisotopic (exact) mass is 316 g/mol. The Morgan fingerprint density at radius 2 is 1.67 bits per heavy atom. The molecule has 102 valence electrons. The highest BCUT2D eigenvalue weighted by molar-refractivity contribution is 9.08. The van der Waals surface area contributed by atoms with Crippen LogP contribution in [-0.4, -0.2) is 20.8 Å². The predicted octanol–water partition coefficient (Wildman–Crippen LogP) is 4.17. The second-order valence-corrected chi connectivity index (χ2v) is 4.58. The fraction of sp³-hybridized carbons (Fsp3) is 0.571. The highest BCUT2D eigenvalue weighted by Gasteiger charge is 2.13. The minimum absolute atomic E-state index is 0.689. The summed E-state index contributed by atoms with van der Waals surface area (Å²) >= 11 is 3.43. The molecule has 0 spiro atoms. The summed E-state index contributed by atoms with van der Waals surface area (Å²) in [5.74, 6) is 2.14. The standard InChI is InChI=1S/C14H21BrO3/c1-4-5-6-7-18-14-12(16-2)8-11(10-15)9-13(14)17-3/h8-9H,4-7,10H2,1-3H3. The summed E-state index contributed by atoms with van der Waals surface area (Å²) < 4.78 is 16.5. The average Bonchev–Trinajstić information content (AvgIpc) is 2.42. The first-order valence-corrected chi connectivity index (χ1v) is 7.32. The largest absolute Gasteiger partial charge is 0.493 e. The topological polar surface area (TPSA) is 27.7 Å². The van der Waals surface area contributed by atoms with Crippen molar-refractivity contribution in [3.8, 4) is 17.2 Å². The van der Waals surface area contributed by atoms with E-state index in [1.165, 1.54) is 12.8 Å². The van der Waals surface area contributed by atoms with Crippen LogP contribution in [-0.2, 0) is 5.33 Å². The number of methoxy groups -OCH3 is 2. The second-order valence-electron chi connectivity index (χ2n) is 4.02. The molecule has 1 aromatic rings. The van der Waals surface area contributed by atoms with Gasteiger partial charge >= 0.3 is 0 Å². The van der Waals surface area contributed by atoms with Gasteiger partial charge in [-0.05, 0) is 24.1 Å². The first kappa shape index (κ1) is 15.2. The molecule has 0 saturated carbocycles. The minimum Gasteiger partial charge on any atom is -0.493 e. The quantitative estimate of drug-likeness (QED) is 0.532. The molecular formula is C14H21BrO3. The SMILES string of the molecule is CCCCCOc1c(OC)cc(CBr)cc1OC. The van der Waals surface area contributed by atoms with Crippen LogP contribution in [0.15, 0.2) is 12.1 Å². The van der Waals surface area contributed by atoms with Crippen molar-refractivity contribution in [2.24, 2.45) is 0 Å². The molecule has 0 atom stereocenters. The number of halogens is 1. The Kier molecular flexibility index (Phi) is 6.94. The summed E-state index contributed by atoms with van der Waals surface area (Å²) in [5, 5.41) is 0.760. The summed E-state index contributed by atoms with van der Waals surface area (Å²) in [4.78, 5) is 0. The number of ether oxygens (including phenoxy) is 3. The van der Waals surface area contributed by atoms with E-state index in [4.69, 9.17) is 14.2 Å². The number of hydrogen-bond donors (Lipinski definition) is 0. The second kappa shape index (κ2) is 8.25. The van der Waals surface area contributed by atoms with E-state index in [1.54, 1.807) is 14.2 Å². The average molecular weight is 317 g/mol. The number of benzene rings is 1. The number of unbranched alkanes of at least 4 members (excludes halogenated alkanes) is 2. The zero-order valence-electron chi connectivity index (χ0n) is 11.3. The maximum absolute atomic E-state index is 5.79. The van der Waals surface area contributed by atoms with Gasteiger partial charge in [0.15, 0.2) is 11.5 Å². The van der Waals surface area contributed by atoms with Gasteiger partial charge in [0.25, 0.3) is 0 Å². The molecule has 0 heterocycles. The molecule has 0 saturated heterocycles. The zero-order chi connectivity index (χ0) is 13.4. The Morgan fingerprint density at radius 1 is 1.06 bits per heavy atom. The molecule has 3 nitrogen and oxygen atoms in total. The van der Waals surface area contributed by atoms with Gasteiger partial charge in [0.2, 0.25) is 5.75 Å². The maximum Gasteiger partial charge on any atom is 0.203 e. The molecule has 0 aliphatic carbocycles. The lowest BCUT2D eigenvalue weighted by Crippen LogP contribution is -2.02. The van der Waals surface area contributed by atoms with Crippen LogP contribution in [0.25, 0.3) is 0 Å². The van der Waals surface area contributed by atoms with E-state index in [9.17, 15) is 0 Å². The number of rotatable bonds is 8. The van der Waals surface area contributed by atoms with Crippen molar-refractivity contribution in [2.75, 3.05) is 20.8 Å². The van der Waals surface area contributed by atoms with Crippen molar-refractivity contribution in [1.29, 1.82) is 0 Å². The molecule has 0 aromatic heterocycles. The molecule has 0 N–H and O–H groups in total. The van der Waals surface area contributed by atoms with Gasteiger partial charge in [-0.15, -0.1) is 0 Å². The van der Waals surface area contributed by atoms with Gasteiger partial charge in [-0.1, -0.05) is 35.7 Å². The smallest absolute Gasteiger partial charge is 0.203 e. The van der Waals surface area contributed by atoms with Crippen LogP contribution in [0.4, 0.5) is 0 Å². The molecule has 0 radical (unpaired) electrons. The molecule has 0 aliphatic heterocycles. The summed E-state index contributed by atoms with van der Waals surface area (Å²) in [7, 11) is 3.29. The van der Waals surface area contributed by atoms with Crippen molar-refractivity contribution in [3.05, 3.63) is 17.7 Å². The molecule has 18 heavy (non-hydrogen) atoms. The van der Waals surface area contributed by atoms with Crippen LogP contribution >= 0.6 is 15.9 Å². The van der Waals surface area contributed by atoms with Gasteiger partial charge in [-0.3, -0.25) is 0 Å². The van der Waals surface area contributed by atoms with Gasteiger partial charge in [-0.25, -0.2) is 0 Å². The Hall–Kier alpha value is -0.900. The van der Waals surface area contributed by atoms with Crippen molar-refractivity contribution in [1.82, 2.24) is 0 Å². The van der Waals surface area contributed by atoms with Crippen LogP contribution < -0.4 is 14.2 Å². The highest BCUT2D eigenvalue weighted by Crippen LogP contribution is 2.39. The zero-order valence-corrected chi connectivity index (χ0v) is 12.9. The van der Waals surface area contributed by atoms with E-state index < -0.39 is 0 Å². The molecular weight excluding hydrogens is 296 g/mol. The van der Waals surface area contributed by atoms with Crippen LogP contribution in [0.1, 0.15) is 31.7 Å². The molecule has 0 amide bonds. The molecule has 1 aromatic carbocycles. The lowest BCUT2D eigenvalue weighted by atomic mass is 10.2. The first-order valence-electron chi connectivity index (χ1n) is 6.20. The van der Waals surface area contributed by atoms with Crippen molar-refractivity contribution in [2.45, 2.75) is 31.5 Å². The minimum atomic E-state index is 0.689. The van der Waals surface area contributed by atoms with E-state index in [0.29, 0.717) is 12.4 Å². The van der Waals surface area contributed by atoms with E-state index in [-0.39, 0.29) is 0 Å². The van der Waals surface area contributed by atoms with Crippen molar-refractivity contribution >= 4 is 15.9 Å². The summed E-state index contributed by atoms with van der Waals surface area (Å²) in [6.45, 7) is 2.86. The van der Waals surface area contributed by atoms with Gasteiger partial charge in [0, 0.05) is 5.33 Å². The first-order chi connectivity index (χ1) is 8.76. The van der Waals surface area contributed by atoms with Crippen molar-refractivity contribution < 1.29 is 14.2 Å². The van der Waals surface area contributed by atoms with Gasteiger partial charge in [-0.2, -0.15) is 0 Å². The fourth-order valence-corrected chi connectivity index (χ4v) is 2.00. The summed E-state index contributed by atoms with van der Waals surface area (Å²) in [5.41, 5.74) is 1.10. The molecule has 1 rings (SSSR count). The van der Waals surface area contributed by atoms with Gasteiger partial charge in [0.1, 0.15) is 0 Å². The normalized spacial score (nSPS) is 10.2. The Bertz CT molecular complexity index is 341. The van der Waals surface area contributed by atoms with Crippen LogP contribution in [0, 0.1) is 0 Å². The lowest BCUT2D eigenvalue weighted by molar-refractivity contribution is 0.268. The lowest BCUT2D eigenvalue weighted by Gasteiger charge is -2.15. The van der Waals surface area contributed by atoms with Gasteiger partial charge < -0.3 is 14.2 Å². The van der Waals surface area contributed by atoms with Gasteiger partial charge in [0.05, 0.1) is 20.8 Å². The van der Waals surface area contributed by atoms with Crippen LogP contribution in [0.2, 0.25) is 0 Å². The Balaban J connectivity index is 2.85. The Labute approximate surface area is 118 Å². The molecule has 0 bridgehead atoms. The van der Waals surface area contributed by atoms with E-state index in [0.717, 1.165) is 28.8 Å². The molecule has 0 aliphatic rings. The summed E-state index contributed by atoms with van der Waals surface area (Å²) in [6.07, 6.45) is 3.40. The van der Waals surface area contributed by atoms with E-state index in [2.05, 4.69) is 22.9 Å². The van der Waals surface area contributed by atoms with Crippen LogP contribution in [0.3, 0.4) is 0 Å². The molecule has 0 unspecified atom stereocenters. The number of alkyl halides is 1. The van der Waals surface area contributed by atoms with E-state index >= 15 is 0 Å². The third-order valence-corrected chi connectivity index (χ3v) is 3.32.